The predicted molar refractivity (Wildman–Crippen MR) is 193 cm³/mol. The molecule has 0 unspecified atom stereocenters. The fourth-order valence-corrected chi connectivity index (χ4v) is 6.90. The molecule has 1 saturated heterocycles. The lowest BCUT2D eigenvalue weighted by atomic mass is 9.81. The number of hydrogen-bond acceptors (Lipinski definition) is 6. The highest BCUT2D eigenvalue weighted by molar-refractivity contribution is 5.88. The predicted octanol–water partition coefficient (Wildman–Crippen LogP) is 8.88. The van der Waals surface area contributed by atoms with E-state index in [0.717, 1.165) is 90.1 Å². The molecule has 1 aliphatic carbocycles. The van der Waals surface area contributed by atoms with Gasteiger partial charge in [-0.15, -0.1) is 0 Å². The molecule has 1 amide bonds. The molecule has 1 aromatic heterocycles. The van der Waals surface area contributed by atoms with Crippen LogP contribution in [-0.2, 0) is 32.2 Å². The summed E-state index contributed by atoms with van der Waals surface area (Å²) in [6.45, 7) is 19.1. The molecule has 1 aliphatic heterocycles. The van der Waals surface area contributed by atoms with Crippen molar-refractivity contribution >= 4 is 17.6 Å². The maximum Gasteiger partial charge on any atom is 0.340 e. The summed E-state index contributed by atoms with van der Waals surface area (Å²) in [5.74, 6) is -0.490. The van der Waals surface area contributed by atoms with Gasteiger partial charge >= 0.3 is 5.97 Å². The minimum Gasteiger partial charge on any atom is -0.464 e. The summed E-state index contributed by atoms with van der Waals surface area (Å²) in [6.07, 6.45) is 4.02. The van der Waals surface area contributed by atoms with Crippen molar-refractivity contribution in [2.24, 2.45) is 11.3 Å². The van der Waals surface area contributed by atoms with E-state index in [4.69, 9.17) is 14.5 Å². The van der Waals surface area contributed by atoms with Crippen LogP contribution in [0.5, 0.6) is 0 Å². The standard InChI is InChI=1S/C41H54FN3O4/c1-9-48-39(47)37(49-40(4,5)6)35-28(3)43-27(2)34(36(35)44-23-21-41(7,8)22-24-44)31-17-13-29(14-18-31)25-45(38(46)32-11-10-12-32)26-30-15-19-33(42)20-16-30/h13-20,32,37H,9-12,21-26H2,1-8H3/t37-/m0/s1. The first-order valence-electron chi connectivity index (χ1n) is 17.9. The fraction of sp³-hybridized carbons (Fsp3) is 0.537. The number of hydrogen-bond donors (Lipinski definition) is 0. The number of carbonyl (C=O) groups is 2. The van der Waals surface area contributed by atoms with Crippen molar-refractivity contribution in [1.82, 2.24) is 9.88 Å². The Balaban J connectivity index is 1.55. The second kappa shape index (κ2) is 15.0. The molecule has 0 N–H and O–H groups in total. The number of ether oxygens (including phenoxy) is 2. The van der Waals surface area contributed by atoms with Crippen molar-refractivity contribution in [2.75, 3.05) is 24.6 Å². The van der Waals surface area contributed by atoms with Gasteiger partial charge in [0, 0.05) is 54.6 Å². The second-order valence-electron chi connectivity index (χ2n) is 15.6. The quantitative estimate of drug-likeness (QED) is 0.190. The molecular formula is C41H54FN3O4. The van der Waals surface area contributed by atoms with Crippen molar-refractivity contribution in [3.05, 3.63) is 82.4 Å². The Kier molecular flexibility index (Phi) is 11.2. The van der Waals surface area contributed by atoms with E-state index >= 15 is 0 Å². The van der Waals surface area contributed by atoms with E-state index in [2.05, 4.69) is 43.0 Å². The van der Waals surface area contributed by atoms with Crippen LogP contribution >= 0.6 is 0 Å². The lowest BCUT2D eigenvalue weighted by molar-refractivity contribution is -0.166. The van der Waals surface area contributed by atoms with Crippen LogP contribution in [-0.4, -0.2) is 47.1 Å². The lowest BCUT2D eigenvalue weighted by Crippen LogP contribution is -2.39. The summed E-state index contributed by atoms with van der Waals surface area (Å²) >= 11 is 0. The number of aryl methyl sites for hydroxylation is 2. The van der Waals surface area contributed by atoms with Gasteiger partial charge in [-0.25, -0.2) is 9.18 Å². The second-order valence-corrected chi connectivity index (χ2v) is 15.6. The summed E-state index contributed by atoms with van der Waals surface area (Å²) in [5.41, 5.74) is 6.89. The molecule has 0 spiro atoms. The molecule has 2 heterocycles. The minimum atomic E-state index is -0.937. The van der Waals surface area contributed by atoms with E-state index in [-0.39, 0.29) is 29.7 Å². The molecule has 7 nitrogen and oxygen atoms in total. The smallest absolute Gasteiger partial charge is 0.340 e. The molecule has 0 radical (unpaired) electrons. The topological polar surface area (TPSA) is 72.0 Å². The van der Waals surface area contributed by atoms with Gasteiger partial charge < -0.3 is 19.3 Å². The third-order valence-corrected chi connectivity index (χ3v) is 9.92. The Morgan fingerprint density at radius 1 is 0.959 bits per heavy atom. The third-order valence-electron chi connectivity index (χ3n) is 9.92. The van der Waals surface area contributed by atoms with Crippen LogP contribution in [0.1, 0.15) is 108 Å². The van der Waals surface area contributed by atoms with E-state index in [9.17, 15) is 14.0 Å². The molecular weight excluding hydrogens is 617 g/mol. The molecule has 8 heteroatoms. The van der Waals surface area contributed by atoms with Crippen LogP contribution in [0, 0.1) is 31.0 Å². The van der Waals surface area contributed by atoms with Crippen LogP contribution in [0.4, 0.5) is 10.1 Å². The van der Waals surface area contributed by atoms with Crippen molar-refractivity contribution < 1.29 is 23.5 Å². The largest absolute Gasteiger partial charge is 0.464 e. The number of piperidine rings is 1. The highest BCUT2D eigenvalue weighted by atomic mass is 19.1. The fourth-order valence-electron chi connectivity index (χ4n) is 6.90. The first-order chi connectivity index (χ1) is 23.2. The first kappa shape index (κ1) is 36.5. The van der Waals surface area contributed by atoms with E-state index in [1.807, 2.05) is 46.4 Å². The van der Waals surface area contributed by atoms with Crippen LogP contribution in [0.25, 0.3) is 11.1 Å². The summed E-state index contributed by atoms with van der Waals surface area (Å²) in [6, 6.07) is 14.8. The van der Waals surface area contributed by atoms with E-state index in [1.165, 1.54) is 12.1 Å². The number of aromatic nitrogens is 1. The van der Waals surface area contributed by atoms with Gasteiger partial charge in [-0.2, -0.15) is 0 Å². The number of benzene rings is 2. The van der Waals surface area contributed by atoms with Gasteiger partial charge in [0.15, 0.2) is 6.10 Å². The summed E-state index contributed by atoms with van der Waals surface area (Å²) in [4.78, 5) is 36.5. The minimum absolute atomic E-state index is 0.0548. The molecule has 2 aliphatic rings. The van der Waals surface area contributed by atoms with Gasteiger partial charge in [-0.3, -0.25) is 9.78 Å². The molecule has 49 heavy (non-hydrogen) atoms. The van der Waals surface area contributed by atoms with Gasteiger partial charge in [0.2, 0.25) is 5.91 Å². The van der Waals surface area contributed by atoms with Gasteiger partial charge in [-0.1, -0.05) is 56.7 Å². The molecule has 0 bridgehead atoms. The van der Waals surface area contributed by atoms with Gasteiger partial charge in [0.25, 0.3) is 0 Å². The van der Waals surface area contributed by atoms with Crippen LogP contribution < -0.4 is 4.90 Å². The van der Waals surface area contributed by atoms with Gasteiger partial charge in [0.1, 0.15) is 5.82 Å². The van der Waals surface area contributed by atoms with Crippen LogP contribution in [0.3, 0.4) is 0 Å². The zero-order valence-corrected chi connectivity index (χ0v) is 30.7. The van der Waals surface area contributed by atoms with E-state index < -0.39 is 17.7 Å². The van der Waals surface area contributed by atoms with Gasteiger partial charge in [-0.05, 0) is 101 Å². The summed E-state index contributed by atoms with van der Waals surface area (Å²) in [7, 11) is 0. The SMILES string of the molecule is CCOC(=O)[C@@H](OC(C)(C)C)c1c(C)nc(C)c(-c2ccc(CN(Cc3ccc(F)cc3)C(=O)C3CCC3)cc2)c1N1CCC(C)(C)CC1. The number of carbonyl (C=O) groups excluding carboxylic acids is 2. The van der Waals surface area contributed by atoms with Crippen molar-refractivity contribution in [3.8, 4) is 11.1 Å². The number of anilines is 1. The van der Waals surface area contributed by atoms with Crippen LogP contribution in [0.2, 0.25) is 0 Å². The maximum absolute atomic E-state index is 13.6. The zero-order valence-electron chi connectivity index (χ0n) is 30.7. The monoisotopic (exact) mass is 671 g/mol. The molecule has 3 aromatic rings. The average Bonchev–Trinajstić information content (AvgIpc) is 3.00. The Morgan fingerprint density at radius 3 is 2.04 bits per heavy atom. The number of nitrogens with zero attached hydrogens (tertiary/aromatic N) is 3. The Hall–Kier alpha value is -3.78. The maximum atomic E-state index is 13.6. The van der Waals surface area contributed by atoms with Gasteiger partial charge in [0.05, 0.1) is 17.9 Å². The Bertz CT molecular complexity index is 1610. The molecule has 2 fully saturated rings. The highest BCUT2D eigenvalue weighted by Gasteiger charge is 2.37. The Labute approximate surface area is 292 Å². The number of amides is 1. The molecule has 1 atom stereocenters. The Morgan fingerprint density at radius 2 is 1.53 bits per heavy atom. The molecule has 264 valence electrons. The molecule has 5 rings (SSSR count). The van der Waals surface area contributed by atoms with Crippen molar-refractivity contribution in [3.63, 3.8) is 0 Å². The molecule has 1 saturated carbocycles. The van der Waals surface area contributed by atoms with Crippen LogP contribution in [0.15, 0.2) is 48.5 Å². The normalized spacial score (nSPS) is 17.0. The summed E-state index contributed by atoms with van der Waals surface area (Å²) in [5, 5.41) is 0. The first-order valence-corrected chi connectivity index (χ1v) is 17.9. The average molecular weight is 672 g/mol. The zero-order chi connectivity index (χ0) is 35.5. The number of halogens is 1. The number of pyridine rings is 1. The van der Waals surface area contributed by atoms with Crippen molar-refractivity contribution in [1.29, 1.82) is 0 Å². The van der Waals surface area contributed by atoms with Crippen molar-refractivity contribution in [2.45, 2.75) is 112 Å². The lowest BCUT2D eigenvalue weighted by Gasteiger charge is -2.41. The summed E-state index contributed by atoms with van der Waals surface area (Å²) < 4.78 is 25.7. The van der Waals surface area contributed by atoms with E-state index in [1.54, 1.807) is 12.1 Å². The number of esters is 1. The highest BCUT2D eigenvalue weighted by Crippen LogP contribution is 2.45. The third kappa shape index (κ3) is 8.88. The van der Waals surface area contributed by atoms with E-state index in [0.29, 0.717) is 13.1 Å². The number of rotatable bonds is 11. The molecule has 2 aromatic carbocycles.